The van der Waals surface area contributed by atoms with E-state index in [4.69, 9.17) is 4.74 Å². The second-order valence-electron chi connectivity index (χ2n) is 9.03. The summed E-state index contributed by atoms with van der Waals surface area (Å²) in [6.45, 7) is 2.99. The van der Waals surface area contributed by atoms with Crippen LogP contribution in [0, 0.1) is 0 Å². The average Bonchev–Trinajstić information content (AvgIpc) is 3.62. The lowest BCUT2D eigenvalue weighted by molar-refractivity contribution is -0.123. The van der Waals surface area contributed by atoms with E-state index in [2.05, 4.69) is 31.5 Å². The number of aromatic nitrogens is 2. The van der Waals surface area contributed by atoms with Gasteiger partial charge in [-0.3, -0.25) is 25.3 Å². The van der Waals surface area contributed by atoms with Crippen molar-refractivity contribution in [3.05, 3.63) is 65.4 Å². The summed E-state index contributed by atoms with van der Waals surface area (Å²) in [5.74, 6) is 0.497. The number of benzene rings is 2. The number of H-pyrrole nitrogens is 1. The first-order valence-electron chi connectivity index (χ1n) is 12.2. The van der Waals surface area contributed by atoms with Crippen LogP contribution >= 0.6 is 0 Å². The fraction of sp³-hybridized carbons (Fsp3) is 0.308. The quantitative estimate of drug-likeness (QED) is 0.335. The molecule has 2 aliphatic heterocycles. The lowest BCUT2D eigenvalue weighted by Gasteiger charge is -2.19. The third kappa shape index (κ3) is 4.98. The first-order chi connectivity index (χ1) is 17.9. The monoisotopic (exact) mass is 503 g/mol. The van der Waals surface area contributed by atoms with Crippen LogP contribution in [0.4, 0.5) is 22.0 Å². The van der Waals surface area contributed by atoms with Gasteiger partial charge >= 0.3 is 6.03 Å². The maximum absolute atomic E-state index is 13.0. The average molecular weight is 504 g/mol. The fourth-order valence-corrected chi connectivity index (χ4v) is 4.62. The van der Waals surface area contributed by atoms with Crippen LogP contribution in [-0.2, 0) is 16.1 Å². The highest BCUT2D eigenvalue weighted by Crippen LogP contribution is 2.29. The number of urea groups is 1. The Balaban J connectivity index is 1.20. The number of hydrogen-bond acceptors (Lipinski definition) is 6. The zero-order valence-corrected chi connectivity index (χ0v) is 20.6. The van der Waals surface area contributed by atoms with E-state index in [0.717, 1.165) is 29.8 Å². The Labute approximate surface area is 214 Å². The summed E-state index contributed by atoms with van der Waals surface area (Å²) in [7, 11) is 1.53. The second-order valence-corrected chi connectivity index (χ2v) is 9.03. The molecular weight excluding hydrogens is 474 g/mol. The highest BCUT2D eigenvalue weighted by Gasteiger charge is 2.31. The number of fused-ring (bicyclic) bond motifs is 1. The molecule has 11 nitrogen and oxygen atoms in total. The van der Waals surface area contributed by atoms with Crippen molar-refractivity contribution in [2.75, 3.05) is 29.2 Å². The van der Waals surface area contributed by atoms with Gasteiger partial charge in [-0.2, -0.15) is 5.10 Å². The van der Waals surface area contributed by atoms with Crippen molar-refractivity contribution in [3.8, 4) is 5.75 Å². The Morgan fingerprint density at radius 1 is 1.14 bits per heavy atom. The maximum Gasteiger partial charge on any atom is 0.325 e. The van der Waals surface area contributed by atoms with Crippen LogP contribution in [0.1, 0.15) is 48.7 Å². The van der Waals surface area contributed by atoms with Gasteiger partial charge in [0.1, 0.15) is 11.9 Å². The normalized spacial score (nSPS) is 17.3. The van der Waals surface area contributed by atoms with E-state index in [1.807, 2.05) is 37.3 Å². The molecule has 2 aliphatic rings. The van der Waals surface area contributed by atoms with Crippen LogP contribution in [0.2, 0.25) is 0 Å². The van der Waals surface area contributed by atoms with Crippen molar-refractivity contribution < 1.29 is 19.1 Å². The molecule has 0 saturated carbocycles. The molecular formula is C26H29N7O4. The summed E-state index contributed by atoms with van der Waals surface area (Å²) in [6, 6.07) is 14.2. The Bertz CT molecular complexity index is 1320. The second kappa shape index (κ2) is 10.3. The highest BCUT2D eigenvalue weighted by atomic mass is 16.5. The first kappa shape index (κ1) is 24.3. The van der Waals surface area contributed by atoms with Crippen molar-refractivity contribution >= 4 is 35.0 Å². The van der Waals surface area contributed by atoms with Crippen molar-refractivity contribution in [1.29, 1.82) is 0 Å². The first-order valence-corrected chi connectivity index (χ1v) is 12.2. The minimum atomic E-state index is -0.466. The van der Waals surface area contributed by atoms with E-state index in [1.165, 1.54) is 7.11 Å². The number of nitrogens with zero attached hydrogens (tertiary/aromatic N) is 2. The highest BCUT2D eigenvalue weighted by molar-refractivity contribution is 6.00. The topological polar surface area (TPSA) is 140 Å². The molecule has 4 amide bonds. The Kier molecular flexibility index (Phi) is 6.78. The molecule has 3 aromatic rings. The summed E-state index contributed by atoms with van der Waals surface area (Å²) in [6.07, 6.45) is 0.980. The van der Waals surface area contributed by atoms with E-state index < -0.39 is 18.1 Å². The van der Waals surface area contributed by atoms with Crippen LogP contribution < -0.4 is 30.9 Å². The molecule has 2 aromatic carbocycles. The van der Waals surface area contributed by atoms with Gasteiger partial charge in [-0.15, -0.1) is 0 Å². The molecule has 5 N–H and O–H groups in total. The summed E-state index contributed by atoms with van der Waals surface area (Å²) < 4.78 is 5.26. The van der Waals surface area contributed by atoms with Crippen LogP contribution in [0.15, 0.2) is 48.5 Å². The van der Waals surface area contributed by atoms with Crippen molar-refractivity contribution in [3.63, 3.8) is 0 Å². The lowest BCUT2D eigenvalue weighted by atomic mass is 9.99. The summed E-state index contributed by atoms with van der Waals surface area (Å²) in [5.41, 5.74) is 3.70. The molecule has 2 unspecified atom stereocenters. The predicted molar refractivity (Wildman–Crippen MR) is 138 cm³/mol. The largest absolute Gasteiger partial charge is 0.495 e. The van der Waals surface area contributed by atoms with Crippen molar-refractivity contribution in [2.24, 2.45) is 0 Å². The van der Waals surface area contributed by atoms with Crippen LogP contribution in [-0.4, -0.2) is 41.7 Å². The molecule has 0 aliphatic carbocycles. The molecule has 37 heavy (non-hydrogen) atoms. The standard InChI is InChI=1S/C26H29N7O4/c1-15(16-9-11-17(12-10-16)33-13-5-8-21(33)34)25(35)29-24-22-18(14-27-24)23(32-31-22)30-26(36)28-19-6-3-4-7-20(19)37-2/h3-4,6-7,9-12,15,24,27H,5,8,13-14H2,1-2H3,(H,29,35)(H3,28,30,31,32,36). The fourth-order valence-electron chi connectivity index (χ4n) is 4.62. The van der Waals surface area contributed by atoms with Crippen LogP contribution in [0.3, 0.4) is 0 Å². The molecule has 1 fully saturated rings. The SMILES string of the molecule is COc1ccccc1NC(=O)Nc1n[nH]c2c1CNC2NC(=O)C(C)c1ccc(N2CCCC2=O)cc1. The van der Waals surface area contributed by atoms with Crippen LogP contribution in [0.5, 0.6) is 5.75 Å². The van der Waals surface area contributed by atoms with Crippen molar-refractivity contribution in [1.82, 2.24) is 20.8 Å². The Morgan fingerprint density at radius 2 is 1.92 bits per heavy atom. The number of para-hydroxylation sites is 2. The molecule has 1 aromatic heterocycles. The number of amides is 4. The third-order valence-electron chi connectivity index (χ3n) is 6.72. The predicted octanol–water partition coefficient (Wildman–Crippen LogP) is 3.21. The number of rotatable bonds is 7. The summed E-state index contributed by atoms with van der Waals surface area (Å²) >= 11 is 0. The number of carbonyl (C=O) groups is 3. The van der Waals surface area contributed by atoms with Gasteiger partial charge in [0.15, 0.2) is 5.82 Å². The molecule has 0 bridgehead atoms. The van der Waals surface area contributed by atoms with Crippen molar-refractivity contribution in [2.45, 2.75) is 38.4 Å². The third-order valence-corrected chi connectivity index (χ3v) is 6.72. The van der Waals surface area contributed by atoms with Crippen LogP contribution in [0.25, 0.3) is 0 Å². The van der Waals surface area contributed by atoms with E-state index in [9.17, 15) is 14.4 Å². The molecule has 3 heterocycles. The Hall–Kier alpha value is -4.38. The molecule has 5 rings (SSSR count). The van der Waals surface area contributed by atoms with Gasteiger partial charge in [0.05, 0.1) is 24.4 Å². The van der Waals surface area contributed by atoms with Gasteiger partial charge in [0, 0.05) is 30.8 Å². The zero-order chi connectivity index (χ0) is 25.9. The number of anilines is 3. The van der Waals surface area contributed by atoms with Gasteiger partial charge < -0.3 is 20.3 Å². The number of ether oxygens (including phenoxy) is 1. The summed E-state index contributed by atoms with van der Waals surface area (Å²) in [5, 5.41) is 18.9. The molecule has 2 atom stereocenters. The molecule has 0 spiro atoms. The molecule has 1 saturated heterocycles. The van der Waals surface area contributed by atoms with E-state index in [0.29, 0.717) is 35.9 Å². The number of aromatic amines is 1. The van der Waals surface area contributed by atoms with Gasteiger partial charge in [0.25, 0.3) is 0 Å². The molecule has 0 radical (unpaired) electrons. The zero-order valence-electron chi connectivity index (χ0n) is 20.6. The van der Waals surface area contributed by atoms with E-state index in [1.54, 1.807) is 23.1 Å². The maximum atomic E-state index is 13.0. The minimum absolute atomic E-state index is 0.132. The number of carbonyl (C=O) groups excluding carboxylic acids is 3. The van der Waals surface area contributed by atoms with Gasteiger partial charge in [-0.25, -0.2) is 4.79 Å². The van der Waals surface area contributed by atoms with E-state index >= 15 is 0 Å². The van der Waals surface area contributed by atoms with Gasteiger partial charge in [-0.1, -0.05) is 24.3 Å². The smallest absolute Gasteiger partial charge is 0.325 e. The number of hydrogen-bond donors (Lipinski definition) is 5. The Morgan fingerprint density at radius 3 is 2.65 bits per heavy atom. The number of nitrogens with one attached hydrogen (secondary N) is 5. The van der Waals surface area contributed by atoms with Gasteiger partial charge in [-0.05, 0) is 43.2 Å². The minimum Gasteiger partial charge on any atom is -0.495 e. The number of methoxy groups -OCH3 is 1. The molecule has 11 heteroatoms. The molecule has 192 valence electrons. The summed E-state index contributed by atoms with van der Waals surface area (Å²) in [4.78, 5) is 39.3. The lowest BCUT2D eigenvalue weighted by Crippen LogP contribution is -2.37. The van der Waals surface area contributed by atoms with E-state index in [-0.39, 0.29) is 11.8 Å². The van der Waals surface area contributed by atoms with Gasteiger partial charge in [0.2, 0.25) is 11.8 Å².